The van der Waals surface area contributed by atoms with Gasteiger partial charge in [0.05, 0.1) is 13.2 Å². The Labute approximate surface area is 110 Å². The lowest BCUT2D eigenvalue weighted by Gasteiger charge is -2.32. The highest BCUT2D eigenvalue weighted by Crippen LogP contribution is 2.38. The molecule has 2 rings (SSSR count). The number of aliphatic hydroxyl groups is 1. The molecule has 3 unspecified atom stereocenters. The third-order valence-electron chi connectivity index (χ3n) is 4.28. The molecule has 0 aromatic heterocycles. The number of aliphatic hydroxyl groups excluding tert-OH is 1. The van der Waals surface area contributed by atoms with Gasteiger partial charge < -0.3 is 9.84 Å². The molecule has 1 aliphatic rings. The first-order valence-corrected chi connectivity index (χ1v) is 7.06. The van der Waals surface area contributed by atoms with Crippen molar-refractivity contribution in [1.29, 1.82) is 0 Å². The van der Waals surface area contributed by atoms with Gasteiger partial charge in [0.15, 0.2) is 0 Å². The van der Waals surface area contributed by atoms with E-state index in [2.05, 4.69) is 6.92 Å². The van der Waals surface area contributed by atoms with Crippen molar-refractivity contribution in [3.63, 3.8) is 0 Å². The van der Waals surface area contributed by atoms with Crippen LogP contribution in [0.3, 0.4) is 0 Å². The summed E-state index contributed by atoms with van der Waals surface area (Å²) < 4.78 is 5.22. The minimum atomic E-state index is -0.338. The number of methoxy groups -OCH3 is 1. The van der Waals surface area contributed by atoms with E-state index in [0.717, 1.165) is 30.1 Å². The molecule has 0 amide bonds. The maximum atomic E-state index is 10.5. The molecule has 3 atom stereocenters. The van der Waals surface area contributed by atoms with Gasteiger partial charge in [-0.05, 0) is 42.4 Å². The number of rotatable bonds is 4. The van der Waals surface area contributed by atoms with Crippen molar-refractivity contribution in [2.24, 2.45) is 11.8 Å². The second-order valence-corrected chi connectivity index (χ2v) is 5.42. The minimum absolute atomic E-state index is 0.338. The van der Waals surface area contributed by atoms with Gasteiger partial charge in [-0.2, -0.15) is 0 Å². The third kappa shape index (κ3) is 3.05. The summed E-state index contributed by atoms with van der Waals surface area (Å²) in [5, 5.41) is 10.5. The van der Waals surface area contributed by atoms with Crippen molar-refractivity contribution in [2.45, 2.75) is 45.1 Å². The van der Waals surface area contributed by atoms with Crippen LogP contribution >= 0.6 is 0 Å². The quantitative estimate of drug-likeness (QED) is 0.874. The van der Waals surface area contributed by atoms with E-state index in [-0.39, 0.29) is 6.10 Å². The van der Waals surface area contributed by atoms with Gasteiger partial charge in [0.25, 0.3) is 0 Å². The molecule has 0 spiro atoms. The largest absolute Gasteiger partial charge is 0.497 e. The molecular weight excluding hydrogens is 224 g/mol. The van der Waals surface area contributed by atoms with Crippen molar-refractivity contribution >= 4 is 0 Å². The molecular formula is C16H24O2. The van der Waals surface area contributed by atoms with Crippen LogP contribution in [0.25, 0.3) is 0 Å². The van der Waals surface area contributed by atoms with Gasteiger partial charge in [0.2, 0.25) is 0 Å². The zero-order chi connectivity index (χ0) is 13.0. The SMILES string of the molecule is CCC1CCCC(C(O)c2cccc(OC)c2)C1. The fourth-order valence-corrected chi connectivity index (χ4v) is 3.09. The summed E-state index contributed by atoms with van der Waals surface area (Å²) in [6.45, 7) is 2.25. The number of benzene rings is 1. The van der Waals surface area contributed by atoms with Crippen molar-refractivity contribution in [2.75, 3.05) is 7.11 Å². The Balaban J connectivity index is 2.07. The number of ether oxygens (including phenoxy) is 1. The van der Waals surface area contributed by atoms with Gasteiger partial charge in [-0.1, -0.05) is 38.3 Å². The number of hydrogen-bond acceptors (Lipinski definition) is 2. The molecule has 100 valence electrons. The highest BCUT2D eigenvalue weighted by atomic mass is 16.5. The van der Waals surface area contributed by atoms with Gasteiger partial charge >= 0.3 is 0 Å². The van der Waals surface area contributed by atoms with Crippen LogP contribution in [0, 0.1) is 11.8 Å². The van der Waals surface area contributed by atoms with E-state index in [9.17, 15) is 5.11 Å². The normalized spacial score (nSPS) is 25.7. The first-order chi connectivity index (χ1) is 8.74. The zero-order valence-electron chi connectivity index (χ0n) is 11.4. The van der Waals surface area contributed by atoms with Crippen LogP contribution in [-0.2, 0) is 0 Å². The highest BCUT2D eigenvalue weighted by molar-refractivity contribution is 5.30. The molecule has 1 N–H and O–H groups in total. The Morgan fingerprint density at radius 2 is 2.22 bits per heavy atom. The van der Waals surface area contributed by atoms with Gasteiger partial charge in [-0.3, -0.25) is 0 Å². The van der Waals surface area contributed by atoms with Crippen LogP contribution in [0.2, 0.25) is 0 Å². The van der Waals surface area contributed by atoms with E-state index in [0.29, 0.717) is 5.92 Å². The summed E-state index contributed by atoms with van der Waals surface area (Å²) in [4.78, 5) is 0. The molecule has 1 aromatic rings. The second kappa shape index (κ2) is 6.24. The van der Waals surface area contributed by atoms with E-state index in [1.165, 1.54) is 19.3 Å². The van der Waals surface area contributed by atoms with Gasteiger partial charge in [-0.25, -0.2) is 0 Å². The summed E-state index contributed by atoms with van der Waals surface area (Å²) in [6, 6.07) is 7.84. The Hall–Kier alpha value is -1.02. The topological polar surface area (TPSA) is 29.5 Å². The maximum Gasteiger partial charge on any atom is 0.119 e. The second-order valence-electron chi connectivity index (χ2n) is 5.42. The predicted octanol–water partition coefficient (Wildman–Crippen LogP) is 3.95. The Bertz CT molecular complexity index is 375. The Morgan fingerprint density at radius 3 is 2.94 bits per heavy atom. The maximum absolute atomic E-state index is 10.5. The molecule has 0 bridgehead atoms. The predicted molar refractivity (Wildman–Crippen MR) is 73.7 cm³/mol. The highest BCUT2D eigenvalue weighted by Gasteiger charge is 2.27. The van der Waals surface area contributed by atoms with Crippen LogP contribution in [0.5, 0.6) is 5.75 Å². The fourth-order valence-electron chi connectivity index (χ4n) is 3.09. The van der Waals surface area contributed by atoms with Crippen LogP contribution in [0.1, 0.15) is 50.7 Å². The molecule has 2 nitrogen and oxygen atoms in total. The standard InChI is InChI=1S/C16H24O2/c1-3-12-6-4-7-13(10-12)16(17)14-8-5-9-15(11-14)18-2/h5,8-9,11-13,16-17H,3-4,6-7,10H2,1-2H3. The zero-order valence-corrected chi connectivity index (χ0v) is 11.4. The smallest absolute Gasteiger partial charge is 0.119 e. The van der Waals surface area contributed by atoms with Gasteiger partial charge in [-0.15, -0.1) is 0 Å². The molecule has 0 heterocycles. The molecule has 0 radical (unpaired) electrons. The summed E-state index contributed by atoms with van der Waals surface area (Å²) in [6.07, 6.45) is 5.79. The first kappa shape index (κ1) is 13.4. The lowest BCUT2D eigenvalue weighted by atomic mass is 9.76. The van der Waals surface area contributed by atoms with Crippen molar-refractivity contribution in [3.8, 4) is 5.75 Å². The van der Waals surface area contributed by atoms with Gasteiger partial charge in [0.1, 0.15) is 5.75 Å². The van der Waals surface area contributed by atoms with Crippen LogP contribution in [0.4, 0.5) is 0 Å². The summed E-state index contributed by atoms with van der Waals surface area (Å²) >= 11 is 0. The minimum Gasteiger partial charge on any atom is -0.497 e. The molecule has 1 aliphatic carbocycles. The lowest BCUT2D eigenvalue weighted by molar-refractivity contribution is 0.0676. The van der Waals surface area contributed by atoms with Crippen molar-refractivity contribution in [1.82, 2.24) is 0 Å². The molecule has 2 heteroatoms. The van der Waals surface area contributed by atoms with E-state index >= 15 is 0 Å². The van der Waals surface area contributed by atoms with Crippen LogP contribution in [0.15, 0.2) is 24.3 Å². The molecule has 1 aromatic carbocycles. The molecule has 1 fully saturated rings. The third-order valence-corrected chi connectivity index (χ3v) is 4.28. The van der Waals surface area contributed by atoms with Crippen LogP contribution in [-0.4, -0.2) is 12.2 Å². The Kier molecular flexibility index (Phi) is 4.65. The molecule has 1 saturated carbocycles. The monoisotopic (exact) mass is 248 g/mol. The summed E-state index contributed by atoms with van der Waals surface area (Å²) in [7, 11) is 1.67. The summed E-state index contributed by atoms with van der Waals surface area (Å²) in [5.74, 6) is 2.04. The lowest BCUT2D eigenvalue weighted by Crippen LogP contribution is -2.21. The summed E-state index contributed by atoms with van der Waals surface area (Å²) in [5.41, 5.74) is 0.996. The molecule has 0 aliphatic heterocycles. The average Bonchev–Trinajstić information content (AvgIpc) is 2.46. The van der Waals surface area contributed by atoms with Crippen molar-refractivity contribution in [3.05, 3.63) is 29.8 Å². The van der Waals surface area contributed by atoms with E-state index in [1.54, 1.807) is 7.11 Å². The Morgan fingerprint density at radius 1 is 1.39 bits per heavy atom. The van der Waals surface area contributed by atoms with E-state index in [1.807, 2.05) is 24.3 Å². The molecule has 18 heavy (non-hydrogen) atoms. The van der Waals surface area contributed by atoms with Crippen LogP contribution < -0.4 is 4.74 Å². The van der Waals surface area contributed by atoms with E-state index < -0.39 is 0 Å². The first-order valence-electron chi connectivity index (χ1n) is 7.06. The van der Waals surface area contributed by atoms with Gasteiger partial charge in [0, 0.05) is 0 Å². The van der Waals surface area contributed by atoms with Crippen molar-refractivity contribution < 1.29 is 9.84 Å². The average molecular weight is 248 g/mol. The fraction of sp³-hybridized carbons (Fsp3) is 0.625. The molecule has 0 saturated heterocycles. The van der Waals surface area contributed by atoms with E-state index in [4.69, 9.17) is 4.74 Å². The number of hydrogen-bond donors (Lipinski definition) is 1.